The zero-order valence-electron chi connectivity index (χ0n) is 7.34. The maximum atomic E-state index is 12.2. The van der Waals surface area contributed by atoms with Crippen LogP contribution in [-0.2, 0) is 6.18 Å². The van der Waals surface area contributed by atoms with E-state index in [0.717, 1.165) is 0 Å². The molecule has 6 heteroatoms. The highest BCUT2D eigenvalue weighted by atomic mass is 79.9. The van der Waals surface area contributed by atoms with E-state index in [9.17, 15) is 13.2 Å². The molecule has 0 unspecified atom stereocenters. The first-order chi connectivity index (χ1) is 6.25. The fraction of sp³-hybridized carbons (Fsp3) is 0.167. The third kappa shape index (κ3) is 1.90. The van der Waals surface area contributed by atoms with Crippen LogP contribution in [0.2, 0.25) is 5.02 Å². The average molecular weight is 262 g/mol. The van der Waals surface area contributed by atoms with Gasteiger partial charge in [-0.25, -0.2) is 0 Å². The lowest BCUT2D eigenvalue weighted by atomic mass is 10.3. The van der Waals surface area contributed by atoms with Crippen LogP contribution in [0.5, 0.6) is 0 Å². The van der Waals surface area contributed by atoms with Gasteiger partial charge in [-0.2, -0.15) is 13.2 Å². The van der Waals surface area contributed by atoms with Crippen molar-refractivity contribution < 1.29 is 15.9 Å². The Morgan fingerprint density at radius 1 is 1.58 bits per heavy atom. The Hall–Kier alpha value is -0.290. The average Bonchev–Trinajstić information content (AvgIpc) is 2.06. The maximum Gasteiger partial charge on any atom is 0.434 e. The summed E-state index contributed by atoms with van der Waals surface area (Å²) < 4.78 is 50.3. The van der Waals surface area contributed by atoms with Crippen molar-refractivity contribution in [2.24, 2.45) is 0 Å². The molecule has 0 radical (unpaired) electrons. The summed E-state index contributed by atoms with van der Waals surface area (Å²) in [7, 11) is 0. The van der Waals surface area contributed by atoms with Crippen molar-refractivity contribution in [1.29, 1.82) is 0 Å². The molecule has 0 bridgehead atoms. The van der Waals surface area contributed by atoms with Crippen LogP contribution in [0.4, 0.5) is 13.2 Å². The zero-order valence-corrected chi connectivity index (χ0v) is 7.68. The highest BCUT2D eigenvalue weighted by molar-refractivity contribution is 9.10. The molecule has 0 aromatic carbocycles. The van der Waals surface area contributed by atoms with Crippen LogP contribution in [-0.4, -0.2) is 4.98 Å². The molecule has 0 fully saturated rings. The van der Waals surface area contributed by atoms with Crippen LogP contribution in [0, 0.1) is 0 Å². The van der Waals surface area contributed by atoms with Crippen molar-refractivity contribution in [3.8, 4) is 0 Å². The summed E-state index contributed by atoms with van der Waals surface area (Å²) in [4.78, 5) is 2.93. The number of hydrogen-bond acceptors (Lipinski definition) is 1. The van der Waals surface area contributed by atoms with Gasteiger partial charge in [-0.15, -0.1) is 0 Å². The first-order valence-electron chi connectivity index (χ1n) is 3.64. The molecular formula is C6H2BrClF3N. The molecule has 0 aliphatic rings. The lowest BCUT2D eigenvalue weighted by Gasteiger charge is -2.07. The van der Waals surface area contributed by atoms with E-state index in [1.54, 1.807) is 0 Å². The van der Waals surface area contributed by atoms with E-state index in [4.69, 9.17) is 14.3 Å². The summed E-state index contributed by atoms with van der Waals surface area (Å²) in [5.74, 6) is 0. The molecule has 66 valence electrons. The molecule has 0 N–H and O–H groups in total. The Labute approximate surface area is 82.5 Å². The Morgan fingerprint density at radius 2 is 2.17 bits per heavy atom. The summed E-state index contributed by atoms with van der Waals surface area (Å²) in [6.07, 6.45) is -5.49. The van der Waals surface area contributed by atoms with E-state index in [1.807, 2.05) is 0 Å². The number of hydrogen-bond donors (Lipinski definition) is 0. The number of rotatable bonds is 0. The predicted molar refractivity (Wildman–Crippen MR) is 41.9 cm³/mol. The number of pyridine rings is 1. The molecule has 0 saturated carbocycles. The SMILES string of the molecule is [2H]c1nc(C(F)(F)F)c(Br)c(Cl)c1[2H]. The molecule has 1 aromatic rings. The first-order valence-corrected chi connectivity index (χ1v) is 3.81. The van der Waals surface area contributed by atoms with E-state index in [1.165, 1.54) is 0 Å². The normalized spacial score (nSPS) is 14.1. The Morgan fingerprint density at radius 3 is 2.67 bits per heavy atom. The van der Waals surface area contributed by atoms with Gasteiger partial charge in [-0.05, 0) is 22.0 Å². The standard InChI is InChI=1S/C6H2BrClF3N/c7-4-3(8)1-2-12-5(4)6(9,10)11/h1-2H/i1D,2D. The summed E-state index contributed by atoms with van der Waals surface area (Å²) in [5, 5.41) is -0.461. The molecule has 0 aliphatic carbocycles. The zero-order chi connectivity index (χ0) is 11.1. The quantitative estimate of drug-likeness (QED) is 0.697. The van der Waals surface area contributed by atoms with E-state index in [-0.39, 0.29) is 0 Å². The highest BCUT2D eigenvalue weighted by Gasteiger charge is 2.35. The summed E-state index contributed by atoms with van der Waals surface area (Å²) in [6, 6.07) is -0.536. The molecule has 0 amide bonds. The van der Waals surface area contributed by atoms with Gasteiger partial charge in [0.15, 0.2) is 5.69 Å². The number of aromatic nitrogens is 1. The van der Waals surface area contributed by atoms with Gasteiger partial charge in [-0.1, -0.05) is 11.6 Å². The van der Waals surface area contributed by atoms with Crippen molar-refractivity contribution in [3.05, 3.63) is 27.4 Å². The lowest BCUT2D eigenvalue weighted by Crippen LogP contribution is -2.08. The number of halogens is 5. The van der Waals surface area contributed by atoms with Gasteiger partial charge in [0.2, 0.25) is 0 Å². The summed E-state index contributed by atoms with van der Waals surface area (Å²) >= 11 is 7.98. The highest BCUT2D eigenvalue weighted by Crippen LogP contribution is 2.36. The molecule has 1 nitrogen and oxygen atoms in total. The van der Waals surface area contributed by atoms with Gasteiger partial charge in [0.05, 0.1) is 12.2 Å². The van der Waals surface area contributed by atoms with Gasteiger partial charge >= 0.3 is 6.18 Å². The molecule has 1 rings (SSSR count). The number of nitrogens with zero attached hydrogens (tertiary/aromatic N) is 1. The van der Waals surface area contributed by atoms with Crippen molar-refractivity contribution in [3.63, 3.8) is 0 Å². The largest absolute Gasteiger partial charge is 0.434 e. The van der Waals surface area contributed by atoms with Crippen molar-refractivity contribution >= 4 is 27.5 Å². The molecule has 1 heterocycles. The molecule has 12 heavy (non-hydrogen) atoms. The van der Waals surface area contributed by atoms with Crippen LogP contribution in [0.1, 0.15) is 8.44 Å². The second kappa shape index (κ2) is 3.22. The lowest BCUT2D eigenvalue weighted by molar-refractivity contribution is -0.141. The van der Waals surface area contributed by atoms with Gasteiger partial charge in [-0.3, -0.25) is 4.98 Å². The maximum absolute atomic E-state index is 12.2. The fourth-order valence-electron chi connectivity index (χ4n) is 0.529. The second-order valence-corrected chi connectivity index (χ2v) is 2.99. The Kier molecular flexibility index (Phi) is 1.92. The van der Waals surface area contributed by atoms with Crippen molar-refractivity contribution in [2.75, 3.05) is 0 Å². The van der Waals surface area contributed by atoms with Crippen LogP contribution >= 0.6 is 27.5 Å². The van der Waals surface area contributed by atoms with Gasteiger partial charge in [0.1, 0.15) is 0 Å². The van der Waals surface area contributed by atoms with E-state index in [0.29, 0.717) is 0 Å². The van der Waals surface area contributed by atoms with Crippen molar-refractivity contribution in [1.82, 2.24) is 4.98 Å². The summed E-state index contributed by atoms with van der Waals surface area (Å²) in [6.45, 7) is 0. The Bertz CT molecular complexity index is 382. The summed E-state index contributed by atoms with van der Waals surface area (Å²) in [5.41, 5.74) is -1.29. The third-order valence-corrected chi connectivity index (χ3v) is 2.29. The number of alkyl halides is 3. The van der Waals surface area contributed by atoms with Crippen LogP contribution in [0.25, 0.3) is 0 Å². The van der Waals surface area contributed by atoms with E-state index < -0.39 is 33.6 Å². The van der Waals surface area contributed by atoms with Crippen LogP contribution in [0.3, 0.4) is 0 Å². The minimum atomic E-state index is -4.69. The topological polar surface area (TPSA) is 12.9 Å². The molecule has 0 atom stereocenters. The van der Waals surface area contributed by atoms with Crippen molar-refractivity contribution in [2.45, 2.75) is 6.18 Å². The first kappa shape index (κ1) is 7.15. The smallest absolute Gasteiger partial charge is 0.251 e. The van der Waals surface area contributed by atoms with E-state index >= 15 is 0 Å². The Balaban J connectivity index is 3.49. The minimum absolute atomic E-state index is 0.461. The third-order valence-electron chi connectivity index (χ3n) is 1.00. The van der Waals surface area contributed by atoms with Crippen LogP contribution < -0.4 is 0 Å². The van der Waals surface area contributed by atoms with E-state index in [2.05, 4.69) is 20.9 Å². The molecule has 0 saturated heterocycles. The molecular weight excluding hydrogens is 258 g/mol. The van der Waals surface area contributed by atoms with Crippen LogP contribution in [0.15, 0.2) is 16.7 Å². The molecule has 1 aromatic heterocycles. The van der Waals surface area contributed by atoms with Gasteiger partial charge in [0.25, 0.3) is 0 Å². The molecule has 0 spiro atoms. The fourth-order valence-corrected chi connectivity index (χ4v) is 1.07. The van der Waals surface area contributed by atoms with Gasteiger partial charge in [0, 0.05) is 6.17 Å². The minimum Gasteiger partial charge on any atom is -0.251 e. The van der Waals surface area contributed by atoms with Gasteiger partial charge < -0.3 is 0 Å². The molecule has 0 aliphatic heterocycles. The monoisotopic (exact) mass is 261 g/mol. The predicted octanol–water partition coefficient (Wildman–Crippen LogP) is 3.52. The second-order valence-electron chi connectivity index (χ2n) is 1.82.